The van der Waals surface area contributed by atoms with Crippen LogP contribution in [0.2, 0.25) is 0 Å². The van der Waals surface area contributed by atoms with E-state index in [0.29, 0.717) is 13.0 Å². The standard InChI is InChI=1S/C19H19N5OS2/c1-3-4-16(25)20-8-15-23-17(18(24-15)19-22-11(2)9-26-19)12-5-6-13-14(7-12)27-10-21-13/h5-7,9-10H,3-4,8H2,1-2H3,(H,20,25)(H,23,24). The molecule has 27 heavy (non-hydrogen) atoms. The van der Waals surface area contributed by atoms with E-state index in [0.717, 1.165) is 50.1 Å². The number of thiazole rings is 2. The molecular weight excluding hydrogens is 378 g/mol. The molecule has 0 atom stereocenters. The summed E-state index contributed by atoms with van der Waals surface area (Å²) in [6.45, 7) is 4.34. The average molecular weight is 398 g/mol. The van der Waals surface area contributed by atoms with Gasteiger partial charge in [0, 0.05) is 23.1 Å². The molecule has 0 aliphatic carbocycles. The van der Waals surface area contributed by atoms with Crippen LogP contribution in [0.3, 0.4) is 0 Å². The Morgan fingerprint density at radius 1 is 1.26 bits per heavy atom. The van der Waals surface area contributed by atoms with Crippen LogP contribution in [0.4, 0.5) is 0 Å². The summed E-state index contributed by atoms with van der Waals surface area (Å²) in [4.78, 5) is 28.9. The van der Waals surface area contributed by atoms with Gasteiger partial charge in [-0.3, -0.25) is 4.79 Å². The Hall–Kier alpha value is -2.58. The van der Waals surface area contributed by atoms with Crippen molar-refractivity contribution in [3.8, 4) is 22.0 Å². The summed E-state index contributed by atoms with van der Waals surface area (Å²) in [6.07, 6.45) is 1.35. The summed E-state index contributed by atoms with van der Waals surface area (Å²) in [5, 5.41) is 5.80. The number of carbonyl (C=O) groups is 1. The molecule has 4 aromatic rings. The largest absolute Gasteiger partial charge is 0.349 e. The van der Waals surface area contributed by atoms with Crippen LogP contribution in [0.15, 0.2) is 29.1 Å². The van der Waals surface area contributed by atoms with E-state index in [9.17, 15) is 4.79 Å². The van der Waals surface area contributed by atoms with Gasteiger partial charge in [-0.15, -0.1) is 22.7 Å². The number of aromatic amines is 1. The minimum Gasteiger partial charge on any atom is -0.349 e. The van der Waals surface area contributed by atoms with E-state index in [4.69, 9.17) is 4.98 Å². The van der Waals surface area contributed by atoms with Crippen molar-refractivity contribution in [3.05, 3.63) is 40.6 Å². The highest BCUT2D eigenvalue weighted by molar-refractivity contribution is 7.16. The third-order valence-corrected chi connectivity index (χ3v) is 5.88. The molecule has 8 heteroatoms. The fourth-order valence-corrected chi connectivity index (χ4v) is 4.35. The molecule has 0 unspecified atom stereocenters. The number of fused-ring (bicyclic) bond motifs is 1. The molecule has 138 valence electrons. The number of imidazole rings is 1. The van der Waals surface area contributed by atoms with Crippen molar-refractivity contribution >= 4 is 38.8 Å². The number of amides is 1. The maximum absolute atomic E-state index is 11.8. The second kappa shape index (κ2) is 7.58. The summed E-state index contributed by atoms with van der Waals surface area (Å²) in [6, 6.07) is 6.17. The van der Waals surface area contributed by atoms with E-state index >= 15 is 0 Å². The van der Waals surface area contributed by atoms with Crippen molar-refractivity contribution in [2.45, 2.75) is 33.2 Å². The van der Waals surface area contributed by atoms with Gasteiger partial charge >= 0.3 is 0 Å². The quantitative estimate of drug-likeness (QED) is 0.500. The van der Waals surface area contributed by atoms with Crippen molar-refractivity contribution in [2.24, 2.45) is 0 Å². The summed E-state index contributed by atoms with van der Waals surface area (Å²) in [5.41, 5.74) is 6.58. The van der Waals surface area contributed by atoms with E-state index in [1.807, 2.05) is 36.9 Å². The summed E-state index contributed by atoms with van der Waals surface area (Å²) < 4.78 is 1.13. The first-order valence-electron chi connectivity index (χ1n) is 8.75. The molecule has 0 radical (unpaired) electrons. The normalized spacial score (nSPS) is 11.2. The molecule has 0 fully saturated rings. The molecule has 4 rings (SSSR count). The van der Waals surface area contributed by atoms with Crippen LogP contribution in [0.5, 0.6) is 0 Å². The van der Waals surface area contributed by atoms with Crippen LogP contribution < -0.4 is 5.32 Å². The molecule has 3 aromatic heterocycles. The lowest BCUT2D eigenvalue weighted by Gasteiger charge is -2.02. The smallest absolute Gasteiger partial charge is 0.220 e. The van der Waals surface area contributed by atoms with Gasteiger partial charge in [0.05, 0.1) is 28.0 Å². The van der Waals surface area contributed by atoms with E-state index in [1.54, 1.807) is 22.7 Å². The van der Waals surface area contributed by atoms with Crippen LogP contribution in [0.25, 0.3) is 32.2 Å². The Balaban J connectivity index is 1.72. The van der Waals surface area contributed by atoms with Crippen LogP contribution in [-0.4, -0.2) is 25.8 Å². The van der Waals surface area contributed by atoms with Gasteiger partial charge in [0.15, 0.2) is 0 Å². The zero-order valence-electron chi connectivity index (χ0n) is 15.1. The maximum Gasteiger partial charge on any atom is 0.220 e. The van der Waals surface area contributed by atoms with Crippen LogP contribution in [0, 0.1) is 6.92 Å². The van der Waals surface area contributed by atoms with E-state index < -0.39 is 0 Å². The highest BCUT2D eigenvalue weighted by atomic mass is 32.1. The molecule has 1 aromatic carbocycles. The Bertz CT molecular complexity index is 1090. The molecule has 0 aliphatic heterocycles. The lowest BCUT2D eigenvalue weighted by molar-refractivity contribution is -0.121. The molecule has 1 amide bonds. The number of hydrogen-bond donors (Lipinski definition) is 2. The van der Waals surface area contributed by atoms with Gasteiger partial charge in [-0.1, -0.05) is 13.0 Å². The molecule has 0 aliphatic rings. The minimum atomic E-state index is 0.0353. The van der Waals surface area contributed by atoms with Gasteiger partial charge in [0.2, 0.25) is 5.91 Å². The molecule has 0 spiro atoms. The minimum absolute atomic E-state index is 0.0353. The molecular formula is C19H19N5OS2. The van der Waals surface area contributed by atoms with Gasteiger partial charge in [-0.25, -0.2) is 15.0 Å². The van der Waals surface area contributed by atoms with Gasteiger partial charge in [-0.05, 0) is 25.5 Å². The Labute approximate surface area is 164 Å². The van der Waals surface area contributed by atoms with Crippen molar-refractivity contribution in [3.63, 3.8) is 0 Å². The fourth-order valence-electron chi connectivity index (χ4n) is 2.84. The van der Waals surface area contributed by atoms with Crippen molar-refractivity contribution in [1.29, 1.82) is 0 Å². The summed E-state index contributed by atoms with van der Waals surface area (Å²) in [7, 11) is 0. The average Bonchev–Trinajstić information content (AvgIpc) is 3.38. The van der Waals surface area contributed by atoms with E-state index in [1.165, 1.54) is 0 Å². The Kier molecular flexibility index (Phi) is 5.00. The number of carbonyl (C=O) groups excluding carboxylic acids is 1. The molecule has 0 bridgehead atoms. The summed E-state index contributed by atoms with van der Waals surface area (Å²) in [5.74, 6) is 0.759. The summed E-state index contributed by atoms with van der Waals surface area (Å²) >= 11 is 3.18. The second-order valence-electron chi connectivity index (χ2n) is 6.26. The van der Waals surface area contributed by atoms with Gasteiger partial charge in [0.25, 0.3) is 0 Å². The Morgan fingerprint density at radius 2 is 2.15 bits per heavy atom. The number of nitrogens with one attached hydrogen (secondary N) is 2. The number of hydrogen-bond acceptors (Lipinski definition) is 6. The van der Waals surface area contributed by atoms with Crippen LogP contribution >= 0.6 is 22.7 Å². The SMILES string of the molecule is CCCC(=O)NCc1nc(-c2nc(C)cs2)c(-c2ccc3ncsc3c2)[nH]1. The zero-order chi connectivity index (χ0) is 18.8. The second-order valence-corrected chi connectivity index (χ2v) is 8.01. The monoisotopic (exact) mass is 397 g/mol. The van der Waals surface area contributed by atoms with Gasteiger partial charge < -0.3 is 10.3 Å². The number of benzene rings is 1. The van der Waals surface area contributed by atoms with Crippen LogP contribution in [-0.2, 0) is 11.3 Å². The van der Waals surface area contributed by atoms with Gasteiger partial charge in [0.1, 0.15) is 16.5 Å². The lowest BCUT2D eigenvalue weighted by Crippen LogP contribution is -2.22. The van der Waals surface area contributed by atoms with Crippen molar-refractivity contribution in [2.75, 3.05) is 0 Å². The molecule has 3 heterocycles. The molecule has 6 nitrogen and oxygen atoms in total. The lowest BCUT2D eigenvalue weighted by atomic mass is 10.1. The third-order valence-electron chi connectivity index (χ3n) is 4.12. The molecule has 0 saturated heterocycles. The number of rotatable bonds is 6. The van der Waals surface area contributed by atoms with Gasteiger partial charge in [-0.2, -0.15) is 0 Å². The van der Waals surface area contributed by atoms with Crippen molar-refractivity contribution < 1.29 is 4.79 Å². The van der Waals surface area contributed by atoms with Crippen molar-refractivity contribution in [1.82, 2.24) is 25.3 Å². The fraction of sp³-hybridized carbons (Fsp3) is 0.263. The number of H-pyrrole nitrogens is 1. The highest BCUT2D eigenvalue weighted by Gasteiger charge is 2.17. The van der Waals surface area contributed by atoms with E-state index in [2.05, 4.69) is 26.3 Å². The first kappa shape index (κ1) is 17.8. The topological polar surface area (TPSA) is 83.6 Å². The van der Waals surface area contributed by atoms with E-state index in [-0.39, 0.29) is 5.91 Å². The highest BCUT2D eigenvalue weighted by Crippen LogP contribution is 2.34. The number of nitrogens with zero attached hydrogens (tertiary/aromatic N) is 3. The maximum atomic E-state index is 11.8. The molecule has 2 N–H and O–H groups in total. The number of aryl methyl sites for hydroxylation is 1. The third kappa shape index (κ3) is 3.77. The predicted octanol–water partition coefficient (Wildman–Crippen LogP) is 4.53. The first-order valence-corrected chi connectivity index (χ1v) is 10.5. The van der Waals surface area contributed by atoms with Crippen LogP contribution in [0.1, 0.15) is 31.3 Å². The zero-order valence-corrected chi connectivity index (χ0v) is 16.7. The first-order chi connectivity index (χ1) is 13.1. The molecule has 0 saturated carbocycles. The Morgan fingerprint density at radius 3 is 2.93 bits per heavy atom. The number of aromatic nitrogens is 4. The predicted molar refractivity (Wildman–Crippen MR) is 110 cm³/mol.